The minimum absolute atomic E-state index is 0.120. The second kappa shape index (κ2) is 7.59. The Balaban J connectivity index is 1.94. The molecule has 0 bridgehead atoms. The summed E-state index contributed by atoms with van der Waals surface area (Å²) in [5, 5.41) is 5.88. The van der Waals surface area contributed by atoms with Gasteiger partial charge in [-0.15, -0.1) is 0 Å². The van der Waals surface area contributed by atoms with Gasteiger partial charge in [0, 0.05) is 37.2 Å². The lowest BCUT2D eigenvalue weighted by molar-refractivity contribution is -0.118. The molecular formula is C18H22N2O2. The second-order valence-electron chi connectivity index (χ2n) is 5.46. The smallest absolute Gasteiger partial charge is 0.251 e. The summed E-state index contributed by atoms with van der Waals surface area (Å²) in [5.74, 6) is 0.133. The molecule has 0 radical (unpaired) electrons. The number of Topliss-reactive ketones (excluding diaryl/α,β-unsaturated/α-hetero) is 1. The molecule has 4 heteroatoms. The van der Waals surface area contributed by atoms with Crippen LogP contribution < -0.4 is 10.6 Å². The monoisotopic (exact) mass is 298 g/mol. The van der Waals surface area contributed by atoms with Gasteiger partial charge >= 0.3 is 0 Å². The summed E-state index contributed by atoms with van der Waals surface area (Å²) in [6, 6.07) is 5.66. The second-order valence-corrected chi connectivity index (χ2v) is 5.46. The largest absolute Gasteiger partial charge is 0.384 e. The molecule has 1 aromatic carbocycles. The van der Waals surface area contributed by atoms with Gasteiger partial charge < -0.3 is 10.6 Å². The minimum atomic E-state index is -0.120. The third-order valence-corrected chi connectivity index (χ3v) is 3.77. The van der Waals surface area contributed by atoms with E-state index in [0.717, 1.165) is 24.1 Å². The molecular weight excluding hydrogens is 276 g/mol. The number of benzene rings is 1. The zero-order chi connectivity index (χ0) is 15.9. The molecule has 0 unspecified atom stereocenters. The molecule has 0 aliphatic heterocycles. The van der Waals surface area contributed by atoms with Gasteiger partial charge in [0.05, 0.1) is 0 Å². The van der Waals surface area contributed by atoms with Gasteiger partial charge in [0.15, 0.2) is 0 Å². The van der Waals surface area contributed by atoms with E-state index < -0.39 is 0 Å². The maximum absolute atomic E-state index is 12.1. The lowest BCUT2D eigenvalue weighted by Gasteiger charge is -2.10. The van der Waals surface area contributed by atoms with Gasteiger partial charge in [-0.2, -0.15) is 0 Å². The molecule has 0 atom stereocenters. The number of rotatable bonds is 6. The number of hydrogen-bond donors (Lipinski definition) is 2. The van der Waals surface area contributed by atoms with Crippen LogP contribution in [0, 0.1) is 0 Å². The summed E-state index contributed by atoms with van der Waals surface area (Å²) in [4.78, 5) is 23.9. The molecule has 0 aromatic heterocycles. The van der Waals surface area contributed by atoms with Crippen molar-refractivity contribution in [2.45, 2.75) is 25.7 Å². The number of carbonyl (C=O) groups excluding carboxylic acids is 2. The number of hydrogen-bond acceptors (Lipinski definition) is 3. The Hall–Kier alpha value is -2.36. The average Bonchev–Trinajstić information content (AvgIpc) is 2.70. The summed E-state index contributed by atoms with van der Waals surface area (Å²) in [5.41, 5.74) is 3.52. The number of amides is 1. The van der Waals surface area contributed by atoms with Crippen LogP contribution in [0.25, 0.3) is 0 Å². The lowest BCUT2D eigenvalue weighted by Crippen LogP contribution is -2.31. The van der Waals surface area contributed by atoms with Crippen LogP contribution in [0.15, 0.2) is 43.1 Å². The first-order valence-corrected chi connectivity index (χ1v) is 7.57. The van der Waals surface area contributed by atoms with E-state index in [1.807, 2.05) is 18.2 Å². The molecule has 116 valence electrons. The predicted molar refractivity (Wildman–Crippen MR) is 87.8 cm³/mol. The molecule has 22 heavy (non-hydrogen) atoms. The first-order chi connectivity index (χ1) is 10.6. The normalized spacial score (nSPS) is 13.7. The molecule has 4 nitrogen and oxygen atoms in total. The van der Waals surface area contributed by atoms with Gasteiger partial charge in [-0.05, 0) is 42.2 Å². The van der Waals surface area contributed by atoms with E-state index in [4.69, 9.17) is 0 Å². The van der Waals surface area contributed by atoms with E-state index in [2.05, 4.69) is 23.8 Å². The van der Waals surface area contributed by atoms with Gasteiger partial charge in [-0.3, -0.25) is 9.59 Å². The Bertz CT molecular complexity index is 605. The van der Waals surface area contributed by atoms with Crippen LogP contribution in [0.5, 0.6) is 0 Å². The Kier molecular flexibility index (Phi) is 5.53. The first-order valence-electron chi connectivity index (χ1n) is 7.57. The molecule has 2 N–H and O–H groups in total. The van der Waals surface area contributed by atoms with Crippen LogP contribution in [0.3, 0.4) is 0 Å². The Labute approximate surface area is 131 Å². The highest BCUT2D eigenvalue weighted by atomic mass is 16.1. The molecule has 1 aliphatic rings. The van der Waals surface area contributed by atoms with Crippen LogP contribution in [0.1, 0.15) is 34.3 Å². The summed E-state index contributed by atoms with van der Waals surface area (Å²) in [6.45, 7) is 8.44. The fourth-order valence-electron chi connectivity index (χ4n) is 2.53. The summed E-state index contributed by atoms with van der Waals surface area (Å²) in [6.07, 6.45) is 4.52. The quantitative estimate of drug-likeness (QED) is 0.481. The van der Waals surface area contributed by atoms with Crippen LogP contribution in [0.2, 0.25) is 0 Å². The molecule has 0 fully saturated rings. The van der Waals surface area contributed by atoms with Crippen LogP contribution in [-0.4, -0.2) is 24.8 Å². The van der Waals surface area contributed by atoms with Gasteiger partial charge in [0.25, 0.3) is 5.91 Å². The molecule has 2 rings (SSSR count). The Morgan fingerprint density at radius 3 is 2.73 bits per heavy atom. The van der Waals surface area contributed by atoms with Crippen LogP contribution >= 0.6 is 0 Å². The van der Waals surface area contributed by atoms with Crippen LogP contribution in [-0.2, 0) is 17.6 Å². The number of aryl methyl sites for hydroxylation is 1. The average molecular weight is 298 g/mol. The van der Waals surface area contributed by atoms with Gasteiger partial charge in [-0.1, -0.05) is 19.2 Å². The number of ketones is 1. The van der Waals surface area contributed by atoms with Gasteiger partial charge in [0.1, 0.15) is 5.78 Å². The van der Waals surface area contributed by atoms with E-state index in [1.165, 1.54) is 5.56 Å². The molecule has 0 saturated heterocycles. The van der Waals surface area contributed by atoms with Crippen molar-refractivity contribution >= 4 is 11.7 Å². The topological polar surface area (TPSA) is 58.2 Å². The standard InChI is InChI=1S/C18H22N2O2/c1-3-13(2)19-9-10-20-18(22)15-8-7-14-5-4-6-17(21)12-16(14)11-15/h3,7-8,11,19H,1-2,4-6,9-10,12H2,(H,20,22). The van der Waals surface area contributed by atoms with Crippen molar-refractivity contribution in [2.24, 2.45) is 0 Å². The lowest BCUT2D eigenvalue weighted by atomic mass is 9.99. The first kappa shape index (κ1) is 16.0. The highest BCUT2D eigenvalue weighted by Crippen LogP contribution is 2.20. The number of carbonyl (C=O) groups is 2. The predicted octanol–water partition coefficient (Wildman–Crippen LogP) is 2.15. The van der Waals surface area contributed by atoms with E-state index in [-0.39, 0.29) is 11.7 Å². The molecule has 0 heterocycles. The third-order valence-electron chi connectivity index (χ3n) is 3.77. The summed E-state index contributed by atoms with van der Waals surface area (Å²) < 4.78 is 0. The number of nitrogens with one attached hydrogen (secondary N) is 2. The van der Waals surface area contributed by atoms with Crippen molar-refractivity contribution in [1.82, 2.24) is 10.6 Å². The molecule has 1 amide bonds. The Morgan fingerprint density at radius 1 is 1.18 bits per heavy atom. The van der Waals surface area contributed by atoms with Crippen molar-refractivity contribution in [3.8, 4) is 0 Å². The SMILES string of the molecule is C=CC(=C)NCCNC(=O)c1ccc2c(c1)CC(=O)CCC2. The molecule has 0 saturated carbocycles. The zero-order valence-electron chi connectivity index (χ0n) is 12.8. The van der Waals surface area contributed by atoms with Crippen molar-refractivity contribution in [2.75, 3.05) is 13.1 Å². The van der Waals surface area contributed by atoms with Crippen molar-refractivity contribution in [1.29, 1.82) is 0 Å². The highest BCUT2D eigenvalue weighted by Gasteiger charge is 2.15. The fraction of sp³-hybridized carbons (Fsp3) is 0.333. The minimum Gasteiger partial charge on any atom is -0.384 e. The van der Waals surface area contributed by atoms with Gasteiger partial charge in [-0.25, -0.2) is 0 Å². The molecule has 0 spiro atoms. The fourth-order valence-corrected chi connectivity index (χ4v) is 2.53. The number of fused-ring (bicyclic) bond motifs is 1. The number of allylic oxidation sites excluding steroid dienone is 1. The van der Waals surface area contributed by atoms with Crippen LogP contribution in [0.4, 0.5) is 0 Å². The van der Waals surface area contributed by atoms with E-state index in [1.54, 1.807) is 6.08 Å². The summed E-state index contributed by atoms with van der Waals surface area (Å²) in [7, 11) is 0. The van der Waals surface area contributed by atoms with E-state index in [0.29, 0.717) is 31.5 Å². The third kappa shape index (κ3) is 4.32. The maximum atomic E-state index is 12.1. The van der Waals surface area contributed by atoms with Crippen molar-refractivity contribution < 1.29 is 9.59 Å². The maximum Gasteiger partial charge on any atom is 0.251 e. The zero-order valence-corrected chi connectivity index (χ0v) is 12.8. The van der Waals surface area contributed by atoms with Gasteiger partial charge in [0.2, 0.25) is 0 Å². The van der Waals surface area contributed by atoms with E-state index >= 15 is 0 Å². The van der Waals surface area contributed by atoms with Crippen molar-refractivity contribution in [3.63, 3.8) is 0 Å². The molecule has 1 aliphatic carbocycles. The van der Waals surface area contributed by atoms with E-state index in [9.17, 15) is 9.59 Å². The highest BCUT2D eigenvalue weighted by molar-refractivity contribution is 5.95. The molecule has 1 aromatic rings. The Morgan fingerprint density at radius 2 is 1.95 bits per heavy atom. The summed E-state index contributed by atoms with van der Waals surface area (Å²) >= 11 is 0. The van der Waals surface area contributed by atoms with Crippen molar-refractivity contribution in [3.05, 3.63) is 59.8 Å².